The number of carbonyl (C=O) groups excluding carboxylic acids is 1. The standard InChI is InChI=1S/C23H24F2N6OS/c1-3-30(14-21(24)25)15(2)12-27-23(32)16-6-8-26-19(11-16)17-13-28-31-9-7-18(29-22(17)31)20-5-4-10-33-20/h4-11,13,15,21H,3,12,14H2,1-2H3,(H,27,32). The Kier molecular flexibility index (Phi) is 7.05. The van der Waals surface area contributed by atoms with Crippen LogP contribution in [0, 0.1) is 0 Å². The van der Waals surface area contributed by atoms with Crippen molar-refractivity contribution in [1.29, 1.82) is 0 Å². The zero-order chi connectivity index (χ0) is 23.4. The lowest BCUT2D eigenvalue weighted by Gasteiger charge is -2.27. The zero-order valence-electron chi connectivity index (χ0n) is 18.3. The quantitative estimate of drug-likeness (QED) is 0.396. The number of thiophene rings is 1. The highest BCUT2D eigenvalue weighted by atomic mass is 32.1. The molecule has 7 nitrogen and oxygen atoms in total. The molecule has 4 rings (SSSR count). The van der Waals surface area contributed by atoms with E-state index in [-0.39, 0.29) is 25.0 Å². The van der Waals surface area contributed by atoms with Crippen LogP contribution < -0.4 is 5.32 Å². The summed E-state index contributed by atoms with van der Waals surface area (Å²) in [6.45, 7) is 4.07. The molecule has 1 unspecified atom stereocenters. The molecule has 0 aliphatic rings. The van der Waals surface area contributed by atoms with E-state index in [1.54, 1.807) is 45.3 Å². The van der Waals surface area contributed by atoms with Crippen LogP contribution in [0.25, 0.3) is 27.5 Å². The van der Waals surface area contributed by atoms with Crippen LogP contribution in [0.15, 0.2) is 54.3 Å². The van der Waals surface area contributed by atoms with Crippen LogP contribution in [0.4, 0.5) is 8.78 Å². The molecule has 0 aliphatic heterocycles. The van der Waals surface area contributed by atoms with Crippen molar-refractivity contribution in [3.63, 3.8) is 0 Å². The molecular formula is C23H24F2N6OS. The first-order valence-electron chi connectivity index (χ1n) is 10.6. The molecule has 1 N–H and O–H groups in total. The van der Waals surface area contributed by atoms with Gasteiger partial charge >= 0.3 is 0 Å². The van der Waals surface area contributed by atoms with E-state index in [4.69, 9.17) is 4.98 Å². The molecule has 1 atom stereocenters. The number of nitrogens with one attached hydrogen (secondary N) is 1. The number of hydrogen-bond acceptors (Lipinski definition) is 6. The molecule has 10 heteroatoms. The molecule has 0 aromatic carbocycles. The van der Waals surface area contributed by atoms with Crippen molar-refractivity contribution in [1.82, 2.24) is 29.8 Å². The van der Waals surface area contributed by atoms with Crippen molar-refractivity contribution in [3.8, 4) is 21.8 Å². The molecule has 0 fully saturated rings. The second kappa shape index (κ2) is 10.1. The second-order valence-corrected chi connectivity index (χ2v) is 8.53. The topological polar surface area (TPSA) is 75.4 Å². The molecular weight excluding hydrogens is 446 g/mol. The number of pyridine rings is 1. The summed E-state index contributed by atoms with van der Waals surface area (Å²) in [5.74, 6) is -0.290. The van der Waals surface area contributed by atoms with Gasteiger partial charge in [-0.2, -0.15) is 5.10 Å². The Labute approximate surface area is 194 Å². The van der Waals surface area contributed by atoms with Crippen molar-refractivity contribution in [3.05, 3.63) is 59.9 Å². The Bertz CT molecular complexity index is 1230. The number of aromatic nitrogens is 4. The van der Waals surface area contributed by atoms with E-state index < -0.39 is 6.43 Å². The van der Waals surface area contributed by atoms with Crippen LogP contribution in [0.3, 0.4) is 0 Å². The fraction of sp³-hybridized carbons (Fsp3) is 0.304. The fourth-order valence-corrected chi connectivity index (χ4v) is 4.30. The van der Waals surface area contributed by atoms with Gasteiger partial charge < -0.3 is 5.32 Å². The van der Waals surface area contributed by atoms with Crippen molar-refractivity contribution >= 4 is 22.9 Å². The minimum Gasteiger partial charge on any atom is -0.350 e. The molecule has 0 spiro atoms. The first-order chi connectivity index (χ1) is 16.0. The van der Waals surface area contributed by atoms with Crippen LogP contribution in [0.1, 0.15) is 24.2 Å². The highest BCUT2D eigenvalue weighted by molar-refractivity contribution is 7.13. The van der Waals surface area contributed by atoms with Gasteiger partial charge in [0.1, 0.15) is 0 Å². The largest absolute Gasteiger partial charge is 0.350 e. The van der Waals surface area contributed by atoms with E-state index in [9.17, 15) is 13.6 Å². The van der Waals surface area contributed by atoms with Crippen molar-refractivity contribution < 1.29 is 13.6 Å². The number of amides is 1. The van der Waals surface area contributed by atoms with Crippen LogP contribution >= 0.6 is 11.3 Å². The molecule has 4 heterocycles. The number of likely N-dealkylation sites (N-methyl/N-ethyl adjacent to an activating group) is 1. The summed E-state index contributed by atoms with van der Waals surface area (Å²) in [7, 11) is 0. The second-order valence-electron chi connectivity index (χ2n) is 7.58. The molecule has 1 amide bonds. The van der Waals surface area contributed by atoms with Gasteiger partial charge in [-0.05, 0) is 43.1 Å². The third-order valence-corrected chi connectivity index (χ3v) is 6.29. The highest BCUT2D eigenvalue weighted by Gasteiger charge is 2.18. The van der Waals surface area contributed by atoms with E-state index in [1.165, 1.54) is 0 Å². The lowest BCUT2D eigenvalue weighted by molar-refractivity contribution is 0.0705. The lowest BCUT2D eigenvalue weighted by atomic mass is 10.1. The number of fused-ring (bicyclic) bond motifs is 1. The van der Waals surface area contributed by atoms with Gasteiger partial charge in [0.25, 0.3) is 12.3 Å². The summed E-state index contributed by atoms with van der Waals surface area (Å²) in [5, 5.41) is 9.19. The molecule has 4 aromatic heterocycles. The molecule has 172 valence electrons. The smallest absolute Gasteiger partial charge is 0.251 e. The third kappa shape index (κ3) is 5.23. The van der Waals surface area contributed by atoms with Gasteiger partial charge in [-0.25, -0.2) is 18.3 Å². The van der Waals surface area contributed by atoms with Crippen molar-refractivity contribution in [2.75, 3.05) is 19.6 Å². The summed E-state index contributed by atoms with van der Waals surface area (Å²) in [4.78, 5) is 24.6. The predicted molar refractivity (Wildman–Crippen MR) is 125 cm³/mol. The van der Waals surface area contributed by atoms with Crippen LogP contribution in [0.2, 0.25) is 0 Å². The molecule has 33 heavy (non-hydrogen) atoms. The average Bonchev–Trinajstić information content (AvgIpc) is 3.50. The molecule has 0 saturated carbocycles. The zero-order valence-corrected chi connectivity index (χ0v) is 19.1. The van der Waals surface area contributed by atoms with Crippen LogP contribution in [-0.2, 0) is 0 Å². The third-order valence-electron chi connectivity index (χ3n) is 5.40. The van der Waals surface area contributed by atoms with E-state index in [2.05, 4.69) is 15.4 Å². The Hall–Kier alpha value is -3.24. The van der Waals surface area contributed by atoms with E-state index in [0.29, 0.717) is 29.0 Å². The first kappa shape index (κ1) is 22.9. The van der Waals surface area contributed by atoms with Crippen molar-refractivity contribution in [2.45, 2.75) is 26.3 Å². The average molecular weight is 471 g/mol. The maximum absolute atomic E-state index is 12.7. The summed E-state index contributed by atoms with van der Waals surface area (Å²) in [5.41, 5.74) is 3.20. The lowest BCUT2D eigenvalue weighted by Crippen LogP contribution is -2.44. The normalized spacial score (nSPS) is 12.5. The van der Waals surface area contributed by atoms with Gasteiger partial charge in [0.2, 0.25) is 0 Å². The molecule has 0 saturated heterocycles. The Morgan fingerprint density at radius 2 is 2.12 bits per heavy atom. The maximum atomic E-state index is 12.7. The highest BCUT2D eigenvalue weighted by Crippen LogP contribution is 2.27. The monoisotopic (exact) mass is 470 g/mol. The predicted octanol–water partition coefficient (Wildman–Crippen LogP) is 4.23. The van der Waals surface area contributed by atoms with Gasteiger partial charge in [-0.3, -0.25) is 14.7 Å². The molecule has 0 bridgehead atoms. The van der Waals surface area contributed by atoms with Crippen LogP contribution in [-0.4, -0.2) is 62.5 Å². The fourth-order valence-electron chi connectivity index (χ4n) is 3.60. The Morgan fingerprint density at radius 1 is 1.27 bits per heavy atom. The molecule has 0 radical (unpaired) electrons. The van der Waals surface area contributed by atoms with Crippen molar-refractivity contribution in [2.24, 2.45) is 0 Å². The number of alkyl halides is 2. The Balaban J connectivity index is 1.52. The number of hydrogen-bond donors (Lipinski definition) is 1. The molecule has 0 aliphatic carbocycles. The SMILES string of the molecule is CCN(CC(F)F)C(C)CNC(=O)c1ccnc(-c2cnn3ccc(-c4cccs4)nc23)c1. The Morgan fingerprint density at radius 3 is 2.85 bits per heavy atom. The van der Waals surface area contributed by atoms with Crippen LogP contribution in [0.5, 0.6) is 0 Å². The van der Waals surface area contributed by atoms with Gasteiger partial charge in [0, 0.05) is 30.5 Å². The van der Waals surface area contributed by atoms with Gasteiger partial charge in [0.15, 0.2) is 5.65 Å². The van der Waals surface area contributed by atoms with E-state index in [1.807, 2.05) is 43.6 Å². The summed E-state index contributed by atoms with van der Waals surface area (Å²) in [6, 6.07) is 8.98. The number of rotatable bonds is 9. The minimum absolute atomic E-state index is 0.214. The summed E-state index contributed by atoms with van der Waals surface area (Å²) < 4.78 is 27.2. The van der Waals surface area contributed by atoms with E-state index >= 15 is 0 Å². The number of carbonyl (C=O) groups is 1. The number of nitrogens with zero attached hydrogens (tertiary/aromatic N) is 5. The summed E-state index contributed by atoms with van der Waals surface area (Å²) in [6.07, 6.45) is 2.68. The van der Waals surface area contributed by atoms with Gasteiger partial charge in [-0.1, -0.05) is 13.0 Å². The first-order valence-corrected chi connectivity index (χ1v) is 11.5. The van der Waals surface area contributed by atoms with Gasteiger partial charge in [0.05, 0.1) is 34.6 Å². The molecule has 4 aromatic rings. The van der Waals surface area contributed by atoms with Gasteiger partial charge in [-0.15, -0.1) is 11.3 Å². The maximum Gasteiger partial charge on any atom is 0.251 e. The minimum atomic E-state index is -2.41. The van der Waals surface area contributed by atoms with E-state index in [0.717, 1.165) is 10.6 Å². The number of halogens is 2. The summed E-state index contributed by atoms with van der Waals surface area (Å²) >= 11 is 1.60.